The van der Waals surface area contributed by atoms with Crippen LogP contribution in [-0.4, -0.2) is 31.1 Å². The predicted octanol–water partition coefficient (Wildman–Crippen LogP) is 3.42. The quantitative estimate of drug-likeness (QED) is 0.655. The third-order valence-electron chi connectivity index (χ3n) is 4.66. The van der Waals surface area contributed by atoms with Crippen molar-refractivity contribution in [2.45, 2.75) is 18.9 Å². The number of furan rings is 1. The lowest BCUT2D eigenvalue weighted by atomic mass is 10.0. The van der Waals surface area contributed by atoms with E-state index in [4.69, 9.17) is 13.9 Å². The first-order valence-corrected chi connectivity index (χ1v) is 9.78. The number of fused-ring (bicyclic) bond motifs is 1. The molecule has 1 aliphatic heterocycles. The SMILES string of the molecule is O=C(N[C@@H](Cc1ccccc1)C(=O)Nc1ccc2c(c1)OCCCO2)c1ccco1. The fourth-order valence-electron chi connectivity index (χ4n) is 3.17. The molecule has 0 aliphatic carbocycles. The van der Waals surface area contributed by atoms with E-state index >= 15 is 0 Å². The molecule has 3 aromatic rings. The summed E-state index contributed by atoms with van der Waals surface area (Å²) in [5, 5.41) is 5.62. The molecule has 1 atom stereocenters. The zero-order valence-corrected chi connectivity index (χ0v) is 16.3. The Labute approximate surface area is 174 Å². The summed E-state index contributed by atoms with van der Waals surface area (Å²) in [6.45, 7) is 1.15. The second-order valence-electron chi connectivity index (χ2n) is 6.89. The largest absolute Gasteiger partial charge is 0.490 e. The zero-order valence-electron chi connectivity index (χ0n) is 16.3. The van der Waals surface area contributed by atoms with E-state index in [2.05, 4.69) is 10.6 Å². The van der Waals surface area contributed by atoms with Crippen molar-refractivity contribution in [3.63, 3.8) is 0 Å². The molecule has 2 heterocycles. The molecule has 0 saturated heterocycles. The maximum absolute atomic E-state index is 13.0. The highest BCUT2D eigenvalue weighted by Crippen LogP contribution is 2.32. The molecule has 0 spiro atoms. The van der Waals surface area contributed by atoms with Crippen LogP contribution < -0.4 is 20.1 Å². The number of ether oxygens (including phenoxy) is 2. The van der Waals surface area contributed by atoms with Crippen molar-refractivity contribution in [2.24, 2.45) is 0 Å². The third-order valence-corrected chi connectivity index (χ3v) is 4.66. The van der Waals surface area contributed by atoms with Crippen molar-refractivity contribution in [2.75, 3.05) is 18.5 Å². The minimum absolute atomic E-state index is 0.149. The van der Waals surface area contributed by atoms with E-state index in [0.717, 1.165) is 12.0 Å². The van der Waals surface area contributed by atoms with Crippen molar-refractivity contribution >= 4 is 17.5 Å². The van der Waals surface area contributed by atoms with Gasteiger partial charge >= 0.3 is 0 Å². The Morgan fingerprint density at radius 2 is 1.73 bits per heavy atom. The van der Waals surface area contributed by atoms with E-state index in [1.54, 1.807) is 30.3 Å². The average Bonchev–Trinajstić information content (AvgIpc) is 3.20. The van der Waals surface area contributed by atoms with Crippen molar-refractivity contribution in [3.8, 4) is 11.5 Å². The van der Waals surface area contributed by atoms with Crippen molar-refractivity contribution in [1.82, 2.24) is 5.32 Å². The number of carbonyl (C=O) groups is 2. The van der Waals surface area contributed by atoms with Crippen LogP contribution in [0.15, 0.2) is 71.3 Å². The molecule has 4 rings (SSSR count). The van der Waals surface area contributed by atoms with Gasteiger partial charge in [-0.15, -0.1) is 0 Å². The molecule has 30 heavy (non-hydrogen) atoms. The van der Waals surface area contributed by atoms with Gasteiger partial charge in [0.2, 0.25) is 5.91 Å². The Kier molecular flexibility index (Phi) is 5.98. The number of rotatable bonds is 6. The molecule has 1 aromatic heterocycles. The second-order valence-corrected chi connectivity index (χ2v) is 6.89. The standard InChI is InChI=1S/C23H22N2O5/c26-22(24-17-9-10-19-21(15-17)30-13-5-12-28-19)18(14-16-6-2-1-3-7-16)25-23(27)20-8-4-11-29-20/h1-4,6-11,15,18H,5,12-14H2,(H,24,26)(H,25,27)/t18-/m0/s1. The number of nitrogens with one attached hydrogen (secondary N) is 2. The van der Waals surface area contributed by atoms with Crippen LogP contribution in [0, 0.1) is 0 Å². The average molecular weight is 406 g/mol. The number of anilines is 1. The summed E-state index contributed by atoms with van der Waals surface area (Å²) < 4.78 is 16.4. The van der Waals surface area contributed by atoms with Crippen molar-refractivity contribution < 1.29 is 23.5 Å². The van der Waals surface area contributed by atoms with Crippen LogP contribution in [0.4, 0.5) is 5.69 Å². The van der Waals surface area contributed by atoms with Crippen LogP contribution >= 0.6 is 0 Å². The molecule has 2 amide bonds. The molecule has 0 radical (unpaired) electrons. The number of amides is 2. The van der Waals surface area contributed by atoms with Gasteiger partial charge in [-0.05, 0) is 29.8 Å². The number of hydrogen-bond donors (Lipinski definition) is 2. The summed E-state index contributed by atoms with van der Waals surface area (Å²) in [7, 11) is 0. The van der Waals surface area contributed by atoms with Crippen LogP contribution in [0.25, 0.3) is 0 Å². The van der Waals surface area contributed by atoms with Crippen molar-refractivity contribution in [3.05, 3.63) is 78.3 Å². The molecule has 1 aliphatic rings. The number of carbonyl (C=O) groups excluding carboxylic acids is 2. The molecule has 7 nitrogen and oxygen atoms in total. The first-order valence-electron chi connectivity index (χ1n) is 9.78. The topological polar surface area (TPSA) is 89.8 Å². The molecule has 154 valence electrons. The van der Waals surface area contributed by atoms with Gasteiger partial charge < -0.3 is 24.5 Å². The highest BCUT2D eigenvalue weighted by molar-refractivity contribution is 6.00. The van der Waals surface area contributed by atoms with E-state index in [1.807, 2.05) is 30.3 Å². The lowest BCUT2D eigenvalue weighted by Crippen LogP contribution is -2.45. The first-order chi connectivity index (χ1) is 14.7. The van der Waals surface area contributed by atoms with Crippen LogP contribution in [0.1, 0.15) is 22.5 Å². The summed E-state index contributed by atoms with van der Waals surface area (Å²) in [6, 6.07) is 17.1. The monoisotopic (exact) mass is 406 g/mol. The predicted molar refractivity (Wildman–Crippen MR) is 111 cm³/mol. The Balaban J connectivity index is 1.51. The molecular weight excluding hydrogens is 384 g/mol. The Morgan fingerprint density at radius 3 is 2.50 bits per heavy atom. The molecule has 7 heteroatoms. The number of benzene rings is 2. The molecule has 2 N–H and O–H groups in total. The van der Waals surface area contributed by atoms with E-state index in [1.165, 1.54) is 6.26 Å². The van der Waals surface area contributed by atoms with Gasteiger partial charge in [0.1, 0.15) is 6.04 Å². The Morgan fingerprint density at radius 1 is 0.933 bits per heavy atom. The fourth-order valence-corrected chi connectivity index (χ4v) is 3.17. The molecule has 0 bridgehead atoms. The van der Waals surface area contributed by atoms with E-state index < -0.39 is 11.9 Å². The highest BCUT2D eigenvalue weighted by atomic mass is 16.5. The van der Waals surface area contributed by atoms with Gasteiger partial charge in [0, 0.05) is 24.6 Å². The Bertz CT molecular complexity index is 1000. The van der Waals surface area contributed by atoms with E-state index in [0.29, 0.717) is 36.8 Å². The summed E-state index contributed by atoms with van der Waals surface area (Å²) >= 11 is 0. The van der Waals surface area contributed by atoms with Gasteiger partial charge in [0.05, 0.1) is 19.5 Å². The summed E-state index contributed by atoms with van der Waals surface area (Å²) in [5.74, 6) is 0.599. The van der Waals surface area contributed by atoms with Crippen LogP contribution in [0.3, 0.4) is 0 Å². The highest BCUT2D eigenvalue weighted by Gasteiger charge is 2.24. The summed E-state index contributed by atoms with van der Waals surface area (Å²) in [5.41, 5.74) is 1.49. The van der Waals surface area contributed by atoms with Gasteiger partial charge in [-0.1, -0.05) is 30.3 Å². The smallest absolute Gasteiger partial charge is 0.287 e. The summed E-state index contributed by atoms with van der Waals surface area (Å²) in [6.07, 6.45) is 2.55. The van der Waals surface area contributed by atoms with Gasteiger partial charge in [-0.2, -0.15) is 0 Å². The van der Waals surface area contributed by atoms with Gasteiger partial charge in [0.25, 0.3) is 5.91 Å². The number of hydrogen-bond acceptors (Lipinski definition) is 5. The molecule has 2 aromatic carbocycles. The molecular formula is C23H22N2O5. The van der Waals surface area contributed by atoms with Gasteiger partial charge in [-0.3, -0.25) is 9.59 Å². The van der Waals surface area contributed by atoms with Gasteiger partial charge in [0.15, 0.2) is 17.3 Å². The lowest BCUT2D eigenvalue weighted by Gasteiger charge is -2.19. The fraction of sp³-hybridized carbons (Fsp3) is 0.217. The maximum Gasteiger partial charge on any atom is 0.287 e. The molecule has 0 saturated carbocycles. The van der Waals surface area contributed by atoms with E-state index in [9.17, 15) is 9.59 Å². The zero-order chi connectivity index (χ0) is 20.8. The van der Waals surface area contributed by atoms with Crippen molar-refractivity contribution in [1.29, 1.82) is 0 Å². The second kappa shape index (κ2) is 9.17. The normalized spacial score (nSPS) is 13.7. The van der Waals surface area contributed by atoms with E-state index in [-0.39, 0.29) is 11.7 Å². The first kappa shape index (κ1) is 19.6. The van der Waals surface area contributed by atoms with Gasteiger partial charge in [-0.25, -0.2) is 0 Å². The minimum Gasteiger partial charge on any atom is -0.490 e. The third kappa shape index (κ3) is 4.81. The van der Waals surface area contributed by atoms with Crippen LogP contribution in [0.2, 0.25) is 0 Å². The van der Waals surface area contributed by atoms with Crippen LogP contribution in [-0.2, 0) is 11.2 Å². The maximum atomic E-state index is 13.0. The minimum atomic E-state index is -0.791. The van der Waals surface area contributed by atoms with Crippen LogP contribution in [0.5, 0.6) is 11.5 Å². The Hall–Kier alpha value is -3.74. The molecule has 0 fully saturated rings. The molecule has 0 unspecified atom stereocenters. The lowest BCUT2D eigenvalue weighted by molar-refractivity contribution is -0.118. The summed E-state index contributed by atoms with van der Waals surface area (Å²) in [4.78, 5) is 25.5.